The van der Waals surface area contributed by atoms with E-state index in [4.69, 9.17) is 0 Å². The Kier molecular flexibility index (Phi) is 6.68. The van der Waals surface area contributed by atoms with Crippen molar-refractivity contribution in [2.75, 3.05) is 39.3 Å². The van der Waals surface area contributed by atoms with Crippen LogP contribution < -0.4 is 0 Å². The van der Waals surface area contributed by atoms with E-state index < -0.39 is 0 Å². The maximum Gasteiger partial charge on any atom is 0.239 e. The van der Waals surface area contributed by atoms with Crippen LogP contribution in [0.4, 0.5) is 0 Å². The Bertz CT molecular complexity index is 386. The van der Waals surface area contributed by atoms with Crippen LogP contribution in [0.15, 0.2) is 0 Å². The van der Waals surface area contributed by atoms with Crippen molar-refractivity contribution in [3.8, 4) is 0 Å². The van der Waals surface area contributed by atoms with Gasteiger partial charge in [-0.3, -0.25) is 14.5 Å². The number of piperidine rings is 1. The lowest BCUT2D eigenvalue weighted by atomic mass is 10.00. The van der Waals surface area contributed by atoms with Gasteiger partial charge < -0.3 is 9.80 Å². The quantitative estimate of drug-likeness (QED) is 0.794. The van der Waals surface area contributed by atoms with Gasteiger partial charge in [-0.2, -0.15) is 0 Å². The fraction of sp³-hybridized carbons (Fsp3) is 0.882. The van der Waals surface area contributed by atoms with Gasteiger partial charge in [-0.1, -0.05) is 19.8 Å². The summed E-state index contributed by atoms with van der Waals surface area (Å²) in [6, 6.07) is 0.0733. The van der Waals surface area contributed by atoms with E-state index in [1.54, 1.807) is 6.92 Å². The molecule has 0 unspecified atom stereocenters. The number of rotatable bonds is 4. The molecule has 2 aliphatic rings. The molecule has 2 fully saturated rings. The van der Waals surface area contributed by atoms with E-state index in [1.807, 2.05) is 9.80 Å². The number of nitrogens with zero attached hydrogens (tertiary/aromatic N) is 3. The molecule has 2 amide bonds. The monoisotopic (exact) mass is 309 g/mol. The Morgan fingerprint density at radius 3 is 2.41 bits per heavy atom. The number of hydrogen-bond acceptors (Lipinski definition) is 3. The molecular weight excluding hydrogens is 278 g/mol. The number of unbranched alkanes of at least 4 members (excludes halogenated alkanes) is 1. The molecule has 5 nitrogen and oxygen atoms in total. The second kappa shape index (κ2) is 8.51. The van der Waals surface area contributed by atoms with Crippen LogP contribution in [0.3, 0.4) is 0 Å². The van der Waals surface area contributed by atoms with Gasteiger partial charge in [-0.15, -0.1) is 0 Å². The molecule has 0 bridgehead atoms. The van der Waals surface area contributed by atoms with Crippen molar-refractivity contribution in [1.29, 1.82) is 0 Å². The minimum atomic E-state index is 0.0733. The van der Waals surface area contributed by atoms with Crippen LogP contribution in [0.25, 0.3) is 0 Å². The van der Waals surface area contributed by atoms with Crippen molar-refractivity contribution in [1.82, 2.24) is 14.7 Å². The average molecular weight is 309 g/mol. The minimum Gasteiger partial charge on any atom is -0.341 e. The molecule has 0 aliphatic carbocycles. The summed E-state index contributed by atoms with van der Waals surface area (Å²) in [6.45, 7) is 8.87. The van der Waals surface area contributed by atoms with Gasteiger partial charge in [0.2, 0.25) is 11.8 Å². The van der Waals surface area contributed by atoms with E-state index >= 15 is 0 Å². The second-order valence-electron chi connectivity index (χ2n) is 6.59. The molecule has 2 rings (SSSR count). The van der Waals surface area contributed by atoms with E-state index in [-0.39, 0.29) is 11.9 Å². The highest BCUT2D eigenvalue weighted by Gasteiger charge is 2.32. The molecule has 0 aromatic rings. The summed E-state index contributed by atoms with van der Waals surface area (Å²) in [7, 11) is 0. The third kappa shape index (κ3) is 4.45. The summed E-state index contributed by atoms with van der Waals surface area (Å²) >= 11 is 0. The van der Waals surface area contributed by atoms with Crippen LogP contribution >= 0.6 is 0 Å². The van der Waals surface area contributed by atoms with Crippen LogP contribution in [-0.4, -0.2) is 71.8 Å². The first-order chi connectivity index (χ1) is 10.6. The van der Waals surface area contributed by atoms with Gasteiger partial charge in [0.1, 0.15) is 0 Å². The Morgan fingerprint density at radius 1 is 0.955 bits per heavy atom. The molecule has 0 aromatic carbocycles. The van der Waals surface area contributed by atoms with Crippen molar-refractivity contribution in [2.45, 2.75) is 58.4 Å². The van der Waals surface area contributed by atoms with Crippen molar-refractivity contribution >= 4 is 11.8 Å². The van der Waals surface area contributed by atoms with Crippen LogP contribution in [0.1, 0.15) is 52.4 Å². The molecule has 2 aliphatic heterocycles. The first-order valence-corrected chi connectivity index (χ1v) is 8.92. The Labute approximate surface area is 134 Å². The standard InChI is InChI=1S/C17H31N3O2/c1-3-4-9-19-10-6-5-8-16(19)17(22)20-12-7-11-18(13-14-20)15(2)21/h16H,3-14H2,1-2H3/t16-/m0/s1. The van der Waals surface area contributed by atoms with Crippen molar-refractivity contribution in [3.05, 3.63) is 0 Å². The summed E-state index contributed by atoms with van der Waals surface area (Å²) in [6.07, 6.45) is 6.61. The lowest BCUT2D eigenvalue weighted by Crippen LogP contribution is -2.51. The zero-order valence-corrected chi connectivity index (χ0v) is 14.2. The zero-order chi connectivity index (χ0) is 15.9. The molecule has 0 saturated carbocycles. The lowest BCUT2D eigenvalue weighted by Gasteiger charge is -2.37. The van der Waals surface area contributed by atoms with E-state index in [0.717, 1.165) is 45.4 Å². The van der Waals surface area contributed by atoms with Crippen LogP contribution in [-0.2, 0) is 9.59 Å². The van der Waals surface area contributed by atoms with Gasteiger partial charge in [0, 0.05) is 33.1 Å². The summed E-state index contributed by atoms with van der Waals surface area (Å²) in [5.74, 6) is 0.415. The highest BCUT2D eigenvalue weighted by Crippen LogP contribution is 2.20. The fourth-order valence-corrected chi connectivity index (χ4v) is 3.56. The number of carbonyl (C=O) groups excluding carboxylic acids is 2. The molecular formula is C17H31N3O2. The second-order valence-corrected chi connectivity index (χ2v) is 6.59. The van der Waals surface area contributed by atoms with Gasteiger partial charge in [0.25, 0.3) is 0 Å². The summed E-state index contributed by atoms with van der Waals surface area (Å²) in [4.78, 5) is 30.7. The average Bonchev–Trinajstić information content (AvgIpc) is 2.78. The van der Waals surface area contributed by atoms with Crippen LogP contribution in [0.5, 0.6) is 0 Å². The van der Waals surface area contributed by atoms with E-state index in [2.05, 4.69) is 11.8 Å². The van der Waals surface area contributed by atoms with E-state index in [1.165, 1.54) is 19.3 Å². The molecule has 0 spiro atoms. The summed E-state index contributed by atoms with van der Waals surface area (Å²) in [5.41, 5.74) is 0. The zero-order valence-electron chi connectivity index (χ0n) is 14.2. The maximum atomic E-state index is 12.9. The first-order valence-electron chi connectivity index (χ1n) is 8.92. The van der Waals surface area contributed by atoms with E-state index in [0.29, 0.717) is 19.0 Å². The molecule has 126 valence electrons. The lowest BCUT2D eigenvalue weighted by molar-refractivity contribution is -0.138. The topological polar surface area (TPSA) is 43.9 Å². The number of carbonyl (C=O) groups is 2. The number of likely N-dealkylation sites (tertiary alicyclic amines) is 1. The van der Waals surface area contributed by atoms with E-state index in [9.17, 15) is 9.59 Å². The molecule has 2 saturated heterocycles. The largest absolute Gasteiger partial charge is 0.341 e. The molecule has 2 heterocycles. The first kappa shape index (κ1) is 17.3. The highest BCUT2D eigenvalue weighted by atomic mass is 16.2. The third-order valence-electron chi connectivity index (χ3n) is 4.95. The van der Waals surface area contributed by atoms with Gasteiger partial charge in [-0.25, -0.2) is 0 Å². The predicted octanol–water partition coefficient (Wildman–Crippen LogP) is 1.72. The number of hydrogen-bond donors (Lipinski definition) is 0. The molecule has 0 aromatic heterocycles. The number of amides is 2. The van der Waals surface area contributed by atoms with Gasteiger partial charge in [0.05, 0.1) is 6.04 Å². The van der Waals surface area contributed by atoms with Crippen molar-refractivity contribution in [2.24, 2.45) is 0 Å². The highest BCUT2D eigenvalue weighted by molar-refractivity contribution is 5.82. The molecule has 0 N–H and O–H groups in total. The Balaban J connectivity index is 1.94. The fourth-order valence-electron chi connectivity index (χ4n) is 3.56. The third-order valence-corrected chi connectivity index (χ3v) is 4.95. The SMILES string of the molecule is CCCCN1CCCC[C@H]1C(=O)N1CCCN(C(C)=O)CC1. The van der Waals surface area contributed by atoms with Gasteiger partial charge in [-0.05, 0) is 38.8 Å². The molecule has 22 heavy (non-hydrogen) atoms. The normalized spacial score (nSPS) is 24.2. The predicted molar refractivity (Wildman–Crippen MR) is 87.6 cm³/mol. The van der Waals surface area contributed by atoms with Gasteiger partial charge >= 0.3 is 0 Å². The van der Waals surface area contributed by atoms with Crippen molar-refractivity contribution < 1.29 is 9.59 Å². The molecule has 0 radical (unpaired) electrons. The van der Waals surface area contributed by atoms with Crippen LogP contribution in [0, 0.1) is 0 Å². The summed E-state index contributed by atoms with van der Waals surface area (Å²) < 4.78 is 0. The van der Waals surface area contributed by atoms with Gasteiger partial charge in [0.15, 0.2) is 0 Å². The summed E-state index contributed by atoms with van der Waals surface area (Å²) in [5, 5.41) is 0. The molecule has 1 atom stereocenters. The minimum absolute atomic E-state index is 0.0733. The Hall–Kier alpha value is -1.10. The Morgan fingerprint density at radius 2 is 1.68 bits per heavy atom. The maximum absolute atomic E-state index is 12.9. The molecule has 5 heteroatoms. The smallest absolute Gasteiger partial charge is 0.239 e. The van der Waals surface area contributed by atoms with Crippen molar-refractivity contribution in [3.63, 3.8) is 0 Å². The van der Waals surface area contributed by atoms with Crippen LogP contribution in [0.2, 0.25) is 0 Å².